The summed E-state index contributed by atoms with van der Waals surface area (Å²) < 4.78 is 2.27. The lowest BCUT2D eigenvalue weighted by Gasteiger charge is -2.10. The number of benzene rings is 1. The first-order chi connectivity index (χ1) is 13.4. The molecular formula is C21H20N4S2. The maximum absolute atomic E-state index is 4.50. The summed E-state index contributed by atoms with van der Waals surface area (Å²) in [6, 6.07) is 18.9. The average molecular weight is 393 g/mol. The normalized spacial score (nSPS) is 11.0. The van der Waals surface area contributed by atoms with Gasteiger partial charge in [0.15, 0.2) is 5.16 Å². The van der Waals surface area contributed by atoms with E-state index < -0.39 is 0 Å². The molecule has 0 atom stereocenters. The minimum Gasteiger partial charge on any atom is -0.305 e. The van der Waals surface area contributed by atoms with E-state index in [1.807, 2.05) is 12.3 Å². The third kappa shape index (κ3) is 4.84. The molecule has 4 nitrogen and oxygen atoms in total. The molecule has 1 aromatic carbocycles. The summed E-state index contributed by atoms with van der Waals surface area (Å²) in [5.41, 5.74) is 2.52. The van der Waals surface area contributed by atoms with Crippen molar-refractivity contribution < 1.29 is 0 Å². The van der Waals surface area contributed by atoms with Gasteiger partial charge < -0.3 is 4.57 Å². The molecule has 0 spiro atoms. The van der Waals surface area contributed by atoms with Crippen molar-refractivity contribution >= 4 is 23.1 Å². The van der Waals surface area contributed by atoms with Gasteiger partial charge >= 0.3 is 0 Å². The lowest BCUT2D eigenvalue weighted by Crippen LogP contribution is -2.08. The molecule has 0 aliphatic rings. The van der Waals surface area contributed by atoms with Gasteiger partial charge in [0.25, 0.3) is 0 Å². The Morgan fingerprint density at radius 2 is 1.81 bits per heavy atom. The van der Waals surface area contributed by atoms with Crippen LogP contribution >= 0.6 is 23.1 Å². The van der Waals surface area contributed by atoms with Crippen LogP contribution < -0.4 is 0 Å². The van der Waals surface area contributed by atoms with Gasteiger partial charge in [-0.05, 0) is 35.1 Å². The molecule has 0 saturated heterocycles. The molecule has 0 aliphatic carbocycles. The van der Waals surface area contributed by atoms with Crippen LogP contribution in [-0.2, 0) is 25.1 Å². The summed E-state index contributed by atoms with van der Waals surface area (Å²) in [7, 11) is 0. The number of hydrogen-bond donors (Lipinski definition) is 0. The van der Waals surface area contributed by atoms with Gasteiger partial charge in [0, 0.05) is 36.0 Å². The standard InChI is InChI=1S/C21H20N4S2/c1-2-6-17(7-3-1)10-12-25-20(14-19-9-5-13-26-19)23-24-21(25)27-16-18-8-4-11-22-15-18/h1-9,11,13,15H,10,12,14,16H2. The molecule has 0 N–H and O–H groups in total. The van der Waals surface area contributed by atoms with E-state index in [0.29, 0.717) is 0 Å². The van der Waals surface area contributed by atoms with Crippen molar-refractivity contribution in [3.63, 3.8) is 0 Å². The van der Waals surface area contributed by atoms with Crippen LogP contribution in [-0.4, -0.2) is 19.7 Å². The van der Waals surface area contributed by atoms with Gasteiger partial charge in [0.1, 0.15) is 5.82 Å². The molecule has 0 bridgehead atoms. The summed E-state index contributed by atoms with van der Waals surface area (Å²) >= 11 is 3.49. The Hall–Kier alpha value is -2.44. The van der Waals surface area contributed by atoms with E-state index in [4.69, 9.17) is 0 Å². The Morgan fingerprint density at radius 1 is 0.926 bits per heavy atom. The van der Waals surface area contributed by atoms with Crippen LogP contribution in [0.2, 0.25) is 0 Å². The first kappa shape index (κ1) is 17.9. The summed E-state index contributed by atoms with van der Waals surface area (Å²) in [6.07, 6.45) is 5.50. The first-order valence-electron chi connectivity index (χ1n) is 8.88. The maximum Gasteiger partial charge on any atom is 0.191 e. The van der Waals surface area contributed by atoms with Crippen LogP contribution in [0.4, 0.5) is 0 Å². The first-order valence-corrected chi connectivity index (χ1v) is 10.7. The molecule has 6 heteroatoms. The average Bonchev–Trinajstić information content (AvgIpc) is 3.37. The fraction of sp³-hybridized carbons (Fsp3) is 0.190. The van der Waals surface area contributed by atoms with Gasteiger partial charge in [-0.3, -0.25) is 4.98 Å². The van der Waals surface area contributed by atoms with Crippen molar-refractivity contribution in [2.75, 3.05) is 0 Å². The number of thiophene rings is 1. The van der Waals surface area contributed by atoms with Crippen molar-refractivity contribution in [2.45, 2.75) is 30.3 Å². The highest BCUT2D eigenvalue weighted by Crippen LogP contribution is 2.24. The van der Waals surface area contributed by atoms with Crippen molar-refractivity contribution in [2.24, 2.45) is 0 Å². The molecule has 0 fully saturated rings. The predicted molar refractivity (Wildman–Crippen MR) is 111 cm³/mol. The van der Waals surface area contributed by atoms with Gasteiger partial charge in [0.05, 0.1) is 0 Å². The monoisotopic (exact) mass is 392 g/mol. The summed E-state index contributed by atoms with van der Waals surface area (Å²) in [5, 5.41) is 12.1. The fourth-order valence-electron chi connectivity index (χ4n) is 2.87. The van der Waals surface area contributed by atoms with Crippen LogP contribution in [0.3, 0.4) is 0 Å². The van der Waals surface area contributed by atoms with Crippen LogP contribution in [0.25, 0.3) is 0 Å². The Balaban J connectivity index is 1.52. The fourth-order valence-corrected chi connectivity index (χ4v) is 4.49. The molecule has 0 saturated carbocycles. The predicted octanol–water partition coefficient (Wildman–Crippen LogP) is 4.86. The van der Waals surface area contributed by atoms with Gasteiger partial charge in [-0.25, -0.2) is 0 Å². The van der Waals surface area contributed by atoms with E-state index in [1.54, 1.807) is 29.3 Å². The summed E-state index contributed by atoms with van der Waals surface area (Å²) in [6.45, 7) is 0.882. The SMILES string of the molecule is c1ccc(CCn2c(Cc3cccs3)nnc2SCc2cccnc2)cc1. The minimum atomic E-state index is 0.826. The molecule has 0 amide bonds. The molecule has 3 heterocycles. The second-order valence-corrected chi connectivity index (χ2v) is 8.17. The lowest BCUT2D eigenvalue weighted by molar-refractivity contribution is 0.610. The van der Waals surface area contributed by atoms with Crippen molar-refractivity contribution in [1.82, 2.24) is 19.7 Å². The second-order valence-electron chi connectivity index (χ2n) is 6.19. The molecular weight excluding hydrogens is 372 g/mol. The summed E-state index contributed by atoms with van der Waals surface area (Å²) in [5.74, 6) is 1.87. The van der Waals surface area contributed by atoms with Crippen molar-refractivity contribution in [3.8, 4) is 0 Å². The Kier molecular flexibility index (Phi) is 5.96. The quantitative estimate of drug-likeness (QED) is 0.402. The molecule has 27 heavy (non-hydrogen) atoms. The number of pyridine rings is 1. The lowest BCUT2D eigenvalue weighted by atomic mass is 10.1. The molecule has 3 aromatic heterocycles. The molecule has 4 rings (SSSR count). The third-order valence-electron chi connectivity index (χ3n) is 4.26. The number of aryl methyl sites for hydroxylation is 1. The topological polar surface area (TPSA) is 43.6 Å². The van der Waals surface area contributed by atoms with Crippen LogP contribution in [0.1, 0.15) is 21.8 Å². The Bertz CT molecular complexity index is 951. The Labute approximate surface area is 167 Å². The molecule has 0 radical (unpaired) electrons. The molecule has 136 valence electrons. The van der Waals surface area contributed by atoms with Gasteiger partial charge in [-0.1, -0.05) is 54.2 Å². The van der Waals surface area contributed by atoms with Gasteiger partial charge in [-0.15, -0.1) is 21.5 Å². The Morgan fingerprint density at radius 3 is 2.59 bits per heavy atom. The maximum atomic E-state index is 4.50. The van der Waals surface area contributed by atoms with E-state index in [1.165, 1.54) is 16.0 Å². The van der Waals surface area contributed by atoms with E-state index in [-0.39, 0.29) is 0 Å². The highest BCUT2D eigenvalue weighted by Gasteiger charge is 2.14. The second kappa shape index (κ2) is 8.97. The number of aromatic nitrogens is 4. The smallest absolute Gasteiger partial charge is 0.191 e. The minimum absolute atomic E-state index is 0.826. The number of hydrogen-bond acceptors (Lipinski definition) is 5. The van der Waals surface area contributed by atoms with E-state index >= 15 is 0 Å². The highest BCUT2D eigenvalue weighted by molar-refractivity contribution is 7.98. The van der Waals surface area contributed by atoms with Crippen LogP contribution in [0, 0.1) is 0 Å². The number of thioether (sulfide) groups is 1. The third-order valence-corrected chi connectivity index (χ3v) is 6.18. The molecule has 0 aliphatic heterocycles. The van der Waals surface area contributed by atoms with E-state index in [2.05, 4.69) is 73.7 Å². The molecule has 0 unspecified atom stereocenters. The number of rotatable bonds is 8. The highest BCUT2D eigenvalue weighted by atomic mass is 32.2. The summed E-state index contributed by atoms with van der Waals surface area (Å²) in [4.78, 5) is 5.51. The molecule has 4 aromatic rings. The largest absolute Gasteiger partial charge is 0.305 e. The zero-order valence-electron chi connectivity index (χ0n) is 14.9. The van der Waals surface area contributed by atoms with E-state index in [9.17, 15) is 0 Å². The van der Waals surface area contributed by atoms with Crippen molar-refractivity contribution in [1.29, 1.82) is 0 Å². The van der Waals surface area contributed by atoms with E-state index in [0.717, 1.165) is 36.1 Å². The van der Waals surface area contributed by atoms with Gasteiger partial charge in [-0.2, -0.15) is 0 Å². The van der Waals surface area contributed by atoms with Gasteiger partial charge in [0.2, 0.25) is 0 Å². The zero-order valence-corrected chi connectivity index (χ0v) is 16.5. The zero-order chi connectivity index (χ0) is 18.3. The van der Waals surface area contributed by atoms with Crippen molar-refractivity contribution in [3.05, 3.63) is 94.2 Å². The van der Waals surface area contributed by atoms with Crippen LogP contribution in [0.15, 0.2) is 77.5 Å². The number of nitrogens with zero attached hydrogens (tertiary/aromatic N) is 4. The van der Waals surface area contributed by atoms with Crippen LogP contribution in [0.5, 0.6) is 0 Å².